The third-order valence-corrected chi connectivity index (χ3v) is 10.2. The molecule has 0 N–H and O–H groups in total. The van der Waals surface area contributed by atoms with E-state index in [2.05, 4.69) is 0 Å². The number of halogens is 1. The zero-order valence-corrected chi connectivity index (χ0v) is 21.7. The summed E-state index contributed by atoms with van der Waals surface area (Å²) in [7, 11) is -7.71. The van der Waals surface area contributed by atoms with Crippen LogP contribution in [0.15, 0.2) is 88.7 Å². The van der Waals surface area contributed by atoms with Gasteiger partial charge in [-0.1, -0.05) is 61.4 Å². The summed E-state index contributed by atoms with van der Waals surface area (Å²) < 4.78 is 70.6. The van der Waals surface area contributed by atoms with E-state index in [1.807, 2.05) is 30.3 Å². The Hall–Kier alpha value is -2.59. The van der Waals surface area contributed by atoms with Crippen molar-refractivity contribution in [3.8, 4) is 0 Å². The highest BCUT2D eigenvalue weighted by Crippen LogP contribution is 2.25. The maximum absolute atomic E-state index is 14.4. The Morgan fingerprint density at radius 2 is 1.31 bits per heavy atom. The lowest BCUT2D eigenvalue weighted by Gasteiger charge is -2.23. The van der Waals surface area contributed by atoms with Crippen LogP contribution in [-0.4, -0.2) is 45.1 Å². The van der Waals surface area contributed by atoms with Crippen LogP contribution in [0.5, 0.6) is 0 Å². The van der Waals surface area contributed by atoms with E-state index in [-0.39, 0.29) is 28.4 Å². The van der Waals surface area contributed by atoms with E-state index in [1.165, 1.54) is 38.9 Å². The van der Waals surface area contributed by atoms with Crippen LogP contribution in [0.2, 0.25) is 0 Å². The number of nitrogens with zero attached hydrogens (tertiary/aromatic N) is 2. The first kappa shape index (κ1) is 26.5. The molecule has 192 valence electrons. The molecule has 36 heavy (non-hydrogen) atoms. The van der Waals surface area contributed by atoms with Gasteiger partial charge in [-0.25, -0.2) is 21.2 Å². The van der Waals surface area contributed by atoms with E-state index in [1.54, 1.807) is 18.2 Å². The topological polar surface area (TPSA) is 74.8 Å². The van der Waals surface area contributed by atoms with E-state index < -0.39 is 25.9 Å². The molecule has 4 rings (SSSR count). The molecule has 0 spiro atoms. The first-order valence-corrected chi connectivity index (χ1v) is 15.0. The van der Waals surface area contributed by atoms with Gasteiger partial charge >= 0.3 is 0 Å². The highest BCUT2D eigenvalue weighted by molar-refractivity contribution is 7.89. The Labute approximate surface area is 213 Å². The van der Waals surface area contributed by atoms with Crippen LogP contribution in [0.1, 0.15) is 36.8 Å². The largest absolute Gasteiger partial charge is 0.243 e. The molecule has 1 aliphatic heterocycles. The Balaban J connectivity index is 1.60. The van der Waals surface area contributed by atoms with Gasteiger partial charge in [0.05, 0.1) is 9.79 Å². The van der Waals surface area contributed by atoms with Gasteiger partial charge in [-0.3, -0.25) is 0 Å². The normalized spacial score (nSPS) is 15.6. The van der Waals surface area contributed by atoms with Gasteiger partial charge in [0.25, 0.3) is 0 Å². The zero-order valence-electron chi connectivity index (χ0n) is 20.1. The van der Waals surface area contributed by atoms with Gasteiger partial charge in [-0.15, -0.1) is 0 Å². The van der Waals surface area contributed by atoms with Crippen LogP contribution in [0.4, 0.5) is 4.39 Å². The smallest absolute Gasteiger partial charge is 0.207 e. The van der Waals surface area contributed by atoms with Gasteiger partial charge in [-0.2, -0.15) is 8.61 Å². The van der Waals surface area contributed by atoms with E-state index in [9.17, 15) is 21.2 Å². The third-order valence-electron chi connectivity index (χ3n) is 6.46. The fourth-order valence-corrected chi connectivity index (χ4v) is 7.30. The standard InChI is InChI=1S/C27H31FN2O4S2/c28-27-13-7-6-12-24(27)22-30(21-18-23-10-4-3-5-11-23)36(33,34)26-16-14-25(15-17-26)35(31,32)29-19-8-1-2-9-20-29/h3-7,10-17H,1-2,8-9,18-22H2. The average Bonchev–Trinajstić information content (AvgIpc) is 3.18. The lowest BCUT2D eigenvalue weighted by molar-refractivity contribution is 0.402. The number of benzene rings is 3. The van der Waals surface area contributed by atoms with Gasteiger partial charge in [0, 0.05) is 31.7 Å². The van der Waals surface area contributed by atoms with E-state index >= 15 is 0 Å². The molecular formula is C27H31FN2O4S2. The van der Waals surface area contributed by atoms with Gasteiger partial charge in [0.15, 0.2) is 0 Å². The highest BCUT2D eigenvalue weighted by atomic mass is 32.2. The summed E-state index contributed by atoms with van der Waals surface area (Å²) in [5, 5.41) is 0. The lowest BCUT2D eigenvalue weighted by atomic mass is 10.1. The maximum atomic E-state index is 14.4. The van der Waals surface area contributed by atoms with Crippen molar-refractivity contribution in [2.75, 3.05) is 19.6 Å². The van der Waals surface area contributed by atoms with Gasteiger partial charge in [0.1, 0.15) is 5.82 Å². The summed E-state index contributed by atoms with van der Waals surface area (Å²) in [4.78, 5) is 0.0509. The second-order valence-electron chi connectivity index (χ2n) is 8.96. The van der Waals surface area contributed by atoms with Gasteiger partial charge in [0.2, 0.25) is 20.0 Å². The predicted octanol–water partition coefficient (Wildman–Crippen LogP) is 4.82. The van der Waals surface area contributed by atoms with Crippen molar-refractivity contribution >= 4 is 20.0 Å². The van der Waals surface area contributed by atoms with Crippen molar-refractivity contribution in [2.24, 2.45) is 0 Å². The van der Waals surface area contributed by atoms with Crippen molar-refractivity contribution in [2.45, 2.75) is 48.4 Å². The van der Waals surface area contributed by atoms with Crippen LogP contribution in [0.3, 0.4) is 0 Å². The van der Waals surface area contributed by atoms with Crippen LogP contribution >= 0.6 is 0 Å². The molecule has 0 aromatic heterocycles. The Morgan fingerprint density at radius 3 is 1.94 bits per heavy atom. The molecular weight excluding hydrogens is 499 g/mol. The average molecular weight is 531 g/mol. The maximum Gasteiger partial charge on any atom is 0.243 e. The van der Waals surface area contributed by atoms with E-state index in [0.29, 0.717) is 19.5 Å². The Kier molecular flexibility index (Phi) is 8.56. The first-order valence-electron chi connectivity index (χ1n) is 12.2. The fraction of sp³-hybridized carbons (Fsp3) is 0.333. The molecule has 0 bridgehead atoms. The minimum Gasteiger partial charge on any atom is -0.207 e. The molecule has 6 nitrogen and oxygen atoms in total. The summed E-state index contributed by atoms with van der Waals surface area (Å²) in [6.07, 6.45) is 4.10. The zero-order chi connectivity index (χ0) is 25.6. The lowest BCUT2D eigenvalue weighted by Crippen LogP contribution is -2.33. The molecule has 0 aliphatic carbocycles. The van der Waals surface area contributed by atoms with Crippen LogP contribution in [-0.2, 0) is 33.0 Å². The van der Waals surface area contributed by atoms with Crippen LogP contribution in [0, 0.1) is 5.82 Å². The summed E-state index contributed by atoms with van der Waals surface area (Å²) >= 11 is 0. The summed E-state index contributed by atoms with van der Waals surface area (Å²) in [5.74, 6) is -0.476. The van der Waals surface area contributed by atoms with Crippen molar-refractivity contribution in [3.05, 3.63) is 95.8 Å². The number of rotatable bonds is 9. The molecule has 0 amide bonds. The molecule has 0 atom stereocenters. The third kappa shape index (κ3) is 6.21. The number of sulfonamides is 2. The van der Waals surface area contributed by atoms with Crippen LogP contribution < -0.4 is 0 Å². The van der Waals surface area contributed by atoms with Crippen molar-refractivity contribution < 1.29 is 21.2 Å². The minimum absolute atomic E-state index is 0.0262. The molecule has 3 aromatic carbocycles. The molecule has 0 saturated carbocycles. The molecule has 1 saturated heterocycles. The second-order valence-corrected chi connectivity index (χ2v) is 12.8. The number of hydrogen-bond acceptors (Lipinski definition) is 4. The van der Waals surface area contributed by atoms with E-state index in [4.69, 9.17) is 0 Å². The van der Waals surface area contributed by atoms with Gasteiger partial charge in [-0.05, 0) is 55.2 Å². The molecule has 0 radical (unpaired) electrons. The van der Waals surface area contributed by atoms with E-state index in [0.717, 1.165) is 31.2 Å². The van der Waals surface area contributed by atoms with Crippen molar-refractivity contribution in [3.63, 3.8) is 0 Å². The Morgan fingerprint density at radius 1 is 0.722 bits per heavy atom. The van der Waals surface area contributed by atoms with Crippen LogP contribution in [0.25, 0.3) is 0 Å². The molecule has 0 unspecified atom stereocenters. The minimum atomic E-state index is -4.02. The SMILES string of the molecule is O=S(=O)(c1ccc(S(=O)(=O)N(CCc2ccccc2)Cc2ccccc2F)cc1)N1CCCCCC1. The molecule has 1 fully saturated rings. The highest BCUT2D eigenvalue weighted by Gasteiger charge is 2.28. The monoisotopic (exact) mass is 530 g/mol. The first-order chi connectivity index (χ1) is 17.3. The second kappa shape index (κ2) is 11.6. The quantitative estimate of drug-likeness (QED) is 0.397. The molecule has 9 heteroatoms. The molecule has 1 heterocycles. The van der Waals surface area contributed by atoms with Gasteiger partial charge < -0.3 is 0 Å². The number of hydrogen-bond donors (Lipinski definition) is 0. The summed E-state index contributed by atoms with van der Waals surface area (Å²) in [5.41, 5.74) is 1.24. The van der Waals surface area contributed by atoms with Crippen molar-refractivity contribution in [1.29, 1.82) is 0 Å². The predicted molar refractivity (Wildman–Crippen MR) is 138 cm³/mol. The summed E-state index contributed by atoms with van der Waals surface area (Å²) in [6.45, 7) is 0.959. The summed E-state index contributed by atoms with van der Waals surface area (Å²) in [6, 6.07) is 20.9. The van der Waals surface area contributed by atoms with Crippen molar-refractivity contribution in [1.82, 2.24) is 8.61 Å². The molecule has 3 aromatic rings. The Bertz CT molecular complexity index is 1350. The molecule has 1 aliphatic rings. The fourth-order valence-electron chi connectivity index (χ4n) is 4.36.